The van der Waals surface area contributed by atoms with Crippen molar-refractivity contribution in [2.24, 2.45) is 5.92 Å². The van der Waals surface area contributed by atoms with Crippen LogP contribution in [0.1, 0.15) is 27.2 Å². The van der Waals surface area contributed by atoms with Gasteiger partial charge in [0, 0.05) is 35.6 Å². The molecule has 2 aromatic rings. The van der Waals surface area contributed by atoms with Gasteiger partial charge in [-0.25, -0.2) is 0 Å². The molecule has 8 nitrogen and oxygen atoms in total. The number of non-ortho nitro benzene ring substituents is 1. The van der Waals surface area contributed by atoms with Crippen LogP contribution in [0.2, 0.25) is 0 Å². The molecule has 0 saturated heterocycles. The molecule has 0 aromatic heterocycles. The van der Waals surface area contributed by atoms with E-state index in [9.17, 15) is 19.7 Å². The van der Waals surface area contributed by atoms with Gasteiger partial charge in [-0.3, -0.25) is 19.7 Å². The van der Waals surface area contributed by atoms with Crippen molar-refractivity contribution in [2.45, 2.75) is 33.2 Å². The zero-order valence-corrected chi connectivity index (χ0v) is 16.1. The average Bonchev–Trinajstić information content (AvgIpc) is 2.63. The fourth-order valence-corrected chi connectivity index (χ4v) is 2.47. The molecule has 3 N–H and O–H groups in total. The monoisotopic (exact) mass is 384 g/mol. The minimum atomic E-state index is -0.531. The number of hydrogen-bond acceptors (Lipinski definition) is 5. The Morgan fingerprint density at radius 3 is 1.93 bits per heavy atom. The molecule has 28 heavy (non-hydrogen) atoms. The largest absolute Gasteiger partial charge is 0.374 e. The Bertz CT molecular complexity index is 832. The summed E-state index contributed by atoms with van der Waals surface area (Å²) in [4.78, 5) is 34.2. The molecule has 2 rings (SSSR count). The number of carbonyl (C=O) groups excluding carboxylic acids is 2. The number of amides is 2. The number of nitro benzene ring substituents is 1. The van der Waals surface area contributed by atoms with Crippen LogP contribution >= 0.6 is 0 Å². The van der Waals surface area contributed by atoms with Crippen molar-refractivity contribution in [2.75, 3.05) is 16.0 Å². The Hall–Kier alpha value is -3.42. The summed E-state index contributed by atoms with van der Waals surface area (Å²) < 4.78 is 0. The van der Waals surface area contributed by atoms with E-state index in [2.05, 4.69) is 16.0 Å². The minimum absolute atomic E-state index is 0.0356. The van der Waals surface area contributed by atoms with E-state index in [1.165, 1.54) is 24.3 Å². The van der Waals surface area contributed by atoms with Gasteiger partial charge in [-0.2, -0.15) is 0 Å². The lowest BCUT2D eigenvalue weighted by Gasteiger charge is -2.16. The molecule has 0 bridgehead atoms. The molecule has 0 saturated carbocycles. The number of carbonyl (C=O) groups is 2. The summed E-state index contributed by atoms with van der Waals surface area (Å²) in [5.41, 5.74) is 1.87. The second kappa shape index (κ2) is 9.50. The van der Waals surface area contributed by atoms with Crippen LogP contribution in [0.4, 0.5) is 22.7 Å². The molecule has 0 spiro atoms. The van der Waals surface area contributed by atoms with E-state index >= 15 is 0 Å². The average molecular weight is 384 g/mol. The number of nitrogens with one attached hydrogen (secondary N) is 3. The SMILES string of the molecule is CC(C)CC(=O)Nc1ccc(NC(C)C(=O)Nc2ccc([N+](=O)[O-])cc2)cc1. The zero-order chi connectivity index (χ0) is 20.7. The van der Waals surface area contributed by atoms with Crippen LogP contribution in [0.5, 0.6) is 0 Å². The number of hydrogen-bond donors (Lipinski definition) is 3. The third-order valence-corrected chi connectivity index (χ3v) is 3.88. The second-order valence-corrected chi connectivity index (χ2v) is 6.88. The number of benzene rings is 2. The predicted octanol–water partition coefficient (Wildman–Crippen LogP) is 4.02. The van der Waals surface area contributed by atoms with Crippen molar-refractivity contribution in [3.8, 4) is 0 Å². The molecular formula is C20H24N4O4. The Labute approximate surface area is 163 Å². The highest BCUT2D eigenvalue weighted by molar-refractivity contribution is 5.96. The Morgan fingerprint density at radius 1 is 0.893 bits per heavy atom. The first-order valence-corrected chi connectivity index (χ1v) is 8.96. The quantitative estimate of drug-likeness (QED) is 0.470. The van der Waals surface area contributed by atoms with Gasteiger partial charge in [-0.05, 0) is 49.2 Å². The van der Waals surface area contributed by atoms with Crippen molar-refractivity contribution in [3.05, 3.63) is 58.6 Å². The summed E-state index contributed by atoms with van der Waals surface area (Å²) in [7, 11) is 0. The van der Waals surface area contributed by atoms with Gasteiger partial charge in [0.2, 0.25) is 11.8 Å². The van der Waals surface area contributed by atoms with Crippen LogP contribution < -0.4 is 16.0 Å². The molecule has 2 aromatic carbocycles. The molecule has 8 heteroatoms. The summed E-state index contributed by atoms with van der Waals surface area (Å²) in [6.45, 7) is 5.67. The highest BCUT2D eigenvalue weighted by Gasteiger charge is 2.14. The van der Waals surface area contributed by atoms with Gasteiger partial charge in [-0.15, -0.1) is 0 Å². The zero-order valence-electron chi connectivity index (χ0n) is 16.1. The second-order valence-electron chi connectivity index (χ2n) is 6.88. The van der Waals surface area contributed by atoms with Crippen molar-refractivity contribution in [3.63, 3.8) is 0 Å². The van der Waals surface area contributed by atoms with Crippen LogP contribution in [0.15, 0.2) is 48.5 Å². The number of anilines is 3. The Balaban J connectivity index is 1.89. The third kappa shape index (κ3) is 6.39. The molecule has 0 radical (unpaired) electrons. The molecule has 1 atom stereocenters. The summed E-state index contributed by atoms with van der Waals surface area (Å²) >= 11 is 0. The maximum Gasteiger partial charge on any atom is 0.269 e. The highest BCUT2D eigenvalue weighted by Crippen LogP contribution is 2.17. The topological polar surface area (TPSA) is 113 Å². The van der Waals surface area contributed by atoms with Crippen LogP contribution in [0.3, 0.4) is 0 Å². The van der Waals surface area contributed by atoms with E-state index in [4.69, 9.17) is 0 Å². The standard InChI is InChI=1S/C20H24N4O4/c1-13(2)12-19(25)22-16-6-4-15(5-7-16)21-14(3)20(26)23-17-8-10-18(11-9-17)24(27)28/h4-11,13-14,21H,12H2,1-3H3,(H,22,25)(H,23,26). The molecule has 0 aliphatic heterocycles. The van der Waals surface area contributed by atoms with E-state index in [0.717, 1.165) is 5.69 Å². The van der Waals surface area contributed by atoms with Crippen LogP contribution in [0.25, 0.3) is 0 Å². The van der Waals surface area contributed by atoms with E-state index in [-0.39, 0.29) is 23.4 Å². The molecule has 2 amide bonds. The number of rotatable bonds is 8. The minimum Gasteiger partial charge on any atom is -0.374 e. The molecule has 0 fully saturated rings. The van der Waals surface area contributed by atoms with Crippen LogP contribution in [-0.4, -0.2) is 22.8 Å². The predicted molar refractivity (Wildman–Crippen MR) is 109 cm³/mol. The smallest absolute Gasteiger partial charge is 0.269 e. The van der Waals surface area contributed by atoms with E-state index < -0.39 is 11.0 Å². The van der Waals surface area contributed by atoms with Crippen molar-refractivity contribution in [1.29, 1.82) is 0 Å². The van der Waals surface area contributed by atoms with Crippen LogP contribution in [-0.2, 0) is 9.59 Å². The van der Waals surface area contributed by atoms with Gasteiger partial charge < -0.3 is 16.0 Å². The number of nitro groups is 1. The first-order chi connectivity index (χ1) is 13.2. The summed E-state index contributed by atoms with van der Waals surface area (Å²) in [5, 5.41) is 19.3. The van der Waals surface area contributed by atoms with Crippen molar-refractivity contribution < 1.29 is 14.5 Å². The molecule has 1 unspecified atom stereocenters. The van der Waals surface area contributed by atoms with Gasteiger partial charge in [0.1, 0.15) is 6.04 Å². The third-order valence-electron chi connectivity index (χ3n) is 3.88. The molecule has 0 heterocycles. The van der Waals surface area contributed by atoms with Crippen molar-refractivity contribution in [1.82, 2.24) is 0 Å². The molecule has 148 valence electrons. The van der Waals surface area contributed by atoms with Gasteiger partial charge in [0.15, 0.2) is 0 Å². The lowest BCUT2D eigenvalue weighted by Crippen LogP contribution is -2.31. The summed E-state index contributed by atoms with van der Waals surface area (Å²) in [5.74, 6) is -0.0224. The Morgan fingerprint density at radius 2 is 1.39 bits per heavy atom. The lowest BCUT2D eigenvalue weighted by atomic mass is 10.1. The maximum atomic E-state index is 12.3. The van der Waals surface area contributed by atoms with Crippen molar-refractivity contribution >= 4 is 34.6 Å². The highest BCUT2D eigenvalue weighted by atomic mass is 16.6. The number of nitrogens with zero attached hydrogens (tertiary/aromatic N) is 1. The van der Waals surface area contributed by atoms with Gasteiger partial charge in [0.25, 0.3) is 5.69 Å². The summed E-state index contributed by atoms with van der Waals surface area (Å²) in [6, 6.07) is 12.2. The Kier molecular flexibility index (Phi) is 7.08. The fraction of sp³-hybridized carbons (Fsp3) is 0.300. The fourth-order valence-electron chi connectivity index (χ4n) is 2.47. The lowest BCUT2D eigenvalue weighted by molar-refractivity contribution is -0.384. The maximum absolute atomic E-state index is 12.3. The van der Waals surface area contributed by atoms with Crippen LogP contribution in [0, 0.1) is 16.0 Å². The van der Waals surface area contributed by atoms with Gasteiger partial charge in [-0.1, -0.05) is 13.8 Å². The summed E-state index contributed by atoms with van der Waals surface area (Å²) in [6.07, 6.45) is 0.458. The normalized spacial score (nSPS) is 11.6. The first-order valence-electron chi connectivity index (χ1n) is 8.96. The first kappa shape index (κ1) is 20.9. The molecule has 0 aliphatic rings. The van der Waals surface area contributed by atoms with Gasteiger partial charge >= 0.3 is 0 Å². The molecule has 0 aliphatic carbocycles. The molecular weight excluding hydrogens is 360 g/mol. The van der Waals surface area contributed by atoms with E-state index in [1.807, 2.05) is 13.8 Å². The van der Waals surface area contributed by atoms with E-state index in [0.29, 0.717) is 17.8 Å². The van der Waals surface area contributed by atoms with Gasteiger partial charge in [0.05, 0.1) is 4.92 Å². The van der Waals surface area contributed by atoms with E-state index in [1.54, 1.807) is 31.2 Å².